The Morgan fingerprint density at radius 1 is 1.50 bits per heavy atom. The third-order valence-corrected chi connectivity index (χ3v) is 3.40. The molecule has 0 radical (unpaired) electrons. The molecule has 1 atom stereocenters. The number of aryl methyl sites for hydroxylation is 2. The van der Waals surface area contributed by atoms with Crippen molar-refractivity contribution in [1.82, 2.24) is 15.1 Å². The summed E-state index contributed by atoms with van der Waals surface area (Å²) in [7, 11) is 1.89. The van der Waals surface area contributed by atoms with E-state index in [-0.39, 0.29) is 24.0 Å². The Morgan fingerprint density at radius 2 is 2.15 bits per heavy atom. The fraction of sp³-hybridized carbons (Fsp3) is 0.733. The van der Waals surface area contributed by atoms with Gasteiger partial charge in [0.15, 0.2) is 0 Å². The zero-order chi connectivity index (χ0) is 15.3. The summed E-state index contributed by atoms with van der Waals surface area (Å²) in [6.07, 6.45) is 3.68. The highest BCUT2D eigenvalue weighted by Gasteiger charge is 2.19. The minimum atomic E-state index is -0.169. The molecule has 1 amide bonds. The van der Waals surface area contributed by atoms with Crippen molar-refractivity contribution < 1.29 is 9.90 Å². The van der Waals surface area contributed by atoms with E-state index in [2.05, 4.69) is 31.2 Å². The smallest absolute Gasteiger partial charge is 0.220 e. The number of amides is 1. The Morgan fingerprint density at radius 3 is 2.60 bits per heavy atom. The fourth-order valence-corrected chi connectivity index (χ4v) is 2.24. The largest absolute Gasteiger partial charge is 0.394 e. The van der Waals surface area contributed by atoms with Crippen LogP contribution in [0.5, 0.6) is 0 Å². The van der Waals surface area contributed by atoms with Crippen LogP contribution in [0.3, 0.4) is 0 Å². The number of nitrogens with one attached hydrogen (secondary N) is 1. The molecule has 1 aromatic rings. The third-order valence-electron chi connectivity index (χ3n) is 3.40. The Hall–Kier alpha value is -1.36. The second-order valence-corrected chi connectivity index (χ2v) is 6.59. The number of hydrogen-bond donors (Lipinski definition) is 2. The average molecular weight is 281 g/mol. The summed E-state index contributed by atoms with van der Waals surface area (Å²) in [6, 6.07) is -0.169. The van der Waals surface area contributed by atoms with Gasteiger partial charge in [-0.2, -0.15) is 5.10 Å². The highest BCUT2D eigenvalue weighted by Crippen LogP contribution is 2.20. The minimum absolute atomic E-state index is 0.0171. The number of aliphatic hydroxyl groups is 1. The molecule has 5 nitrogen and oxygen atoms in total. The van der Waals surface area contributed by atoms with Gasteiger partial charge in [0, 0.05) is 19.2 Å². The van der Waals surface area contributed by atoms with E-state index in [0.29, 0.717) is 12.8 Å². The van der Waals surface area contributed by atoms with Crippen LogP contribution in [0, 0.1) is 12.3 Å². The maximum atomic E-state index is 11.9. The summed E-state index contributed by atoms with van der Waals surface area (Å²) >= 11 is 0. The molecular weight excluding hydrogens is 254 g/mol. The molecule has 5 heteroatoms. The molecule has 0 saturated carbocycles. The number of aliphatic hydroxyl groups excluding tert-OH is 1. The number of hydrogen-bond acceptors (Lipinski definition) is 3. The standard InChI is InChI=1S/C15H27N3O2/c1-11-12(9-16-18(11)5)6-7-14(20)17-13(10-19)8-15(2,3)4/h9,13,19H,6-8,10H2,1-5H3,(H,17,20). The van der Waals surface area contributed by atoms with Gasteiger partial charge >= 0.3 is 0 Å². The molecule has 0 bridgehead atoms. The van der Waals surface area contributed by atoms with Crippen molar-refractivity contribution in [3.63, 3.8) is 0 Å². The van der Waals surface area contributed by atoms with Crippen molar-refractivity contribution >= 4 is 5.91 Å². The molecular formula is C15H27N3O2. The number of rotatable bonds is 6. The van der Waals surface area contributed by atoms with Crippen molar-refractivity contribution in [1.29, 1.82) is 0 Å². The molecule has 1 unspecified atom stereocenters. The van der Waals surface area contributed by atoms with E-state index >= 15 is 0 Å². The van der Waals surface area contributed by atoms with E-state index < -0.39 is 0 Å². The Balaban J connectivity index is 2.45. The number of nitrogens with zero attached hydrogens (tertiary/aromatic N) is 2. The van der Waals surface area contributed by atoms with E-state index in [4.69, 9.17) is 0 Å². The van der Waals surface area contributed by atoms with Gasteiger partial charge in [-0.3, -0.25) is 9.48 Å². The van der Waals surface area contributed by atoms with Gasteiger partial charge in [0.25, 0.3) is 0 Å². The SMILES string of the molecule is Cc1c(CCC(=O)NC(CO)CC(C)(C)C)cnn1C. The summed E-state index contributed by atoms with van der Waals surface area (Å²) in [4.78, 5) is 11.9. The molecule has 0 aliphatic carbocycles. The van der Waals surface area contributed by atoms with Crippen LogP contribution >= 0.6 is 0 Å². The zero-order valence-corrected chi connectivity index (χ0v) is 13.2. The lowest BCUT2D eigenvalue weighted by atomic mass is 9.88. The maximum Gasteiger partial charge on any atom is 0.220 e. The van der Waals surface area contributed by atoms with Gasteiger partial charge in [0.1, 0.15) is 0 Å². The lowest BCUT2D eigenvalue weighted by Gasteiger charge is -2.25. The van der Waals surface area contributed by atoms with Crippen LogP contribution in [0.25, 0.3) is 0 Å². The van der Waals surface area contributed by atoms with Crippen molar-refractivity contribution in [2.75, 3.05) is 6.61 Å². The summed E-state index contributed by atoms with van der Waals surface area (Å²) < 4.78 is 1.81. The molecule has 0 aliphatic rings. The number of carbonyl (C=O) groups excluding carboxylic acids is 1. The highest BCUT2D eigenvalue weighted by atomic mass is 16.3. The van der Waals surface area contributed by atoms with E-state index in [0.717, 1.165) is 17.7 Å². The molecule has 0 fully saturated rings. The predicted octanol–water partition coefficient (Wildman–Crippen LogP) is 1.57. The van der Waals surface area contributed by atoms with Gasteiger partial charge in [-0.05, 0) is 30.7 Å². The molecule has 2 N–H and O–H groups in total. The zero-order valence-electron chi connectivity index (χ0n) is 13.2. The summed E-state index contributed by atoms with van der Waals surface area (Å²) in [5.74, 6) is -0.0171. The van der Waals surface area contributed by atoms with Gasteiger partial charge in [0.2, 0.25) is 5.91 Å². The predicted molar refractivity (Wildman–Crippen MR) is 79.4 cm³/mol. The lowest BCUT2D eigenvalue weighted by Crippen LogP contribution is -2.40. The third kappa shape index (κ3) is 5.33. The normalized spacial score (nSPS) is 13.3. The number of carbonyl (C=O) groups is 1. The minimum Gasteiger partial charge on any atom is -0.394 e. The van der Waals surface area contributed by atoms with E-state index in [1.54, 1.807) is 6.20 Å². The Bertz CT molecular complexity index is 446. The monoisotopic (exact) mass is 281 g/mol. The molecule has 114 valence electrons. The highest BCUT2D eigenvalue weighted by molar-refractivity contribution is 5.76. The van der Waals surface area contributed by atoms with E-state index in [9.17, 15) is 9.90 Å². The topological polar surface area (TPSA) is 67.2 Å². The van der Waals surface area contributed by atoms with Gasteiger partial charge in [0.05, 0.1) is 18.8 Å². The van der Waals surface area contributed by atoms with Crippen LogP contribution in [0.1, 0.15) is 44.9 Å². The summed E-state index contributed by atoms with van der Waals surface area (Å²) in [5, 5.41) is 16.4. The van der Waals surface area contributed by atoms with Crippen LogP contribution in [0.2, 0.25) is 0 Å². The van der Waals surface area contributed by atoms with Crippen LogP contribution in [-0.4, -0.2) is 33.4 Å². The summed E-state index contributed by atoms with van der Waals surface area (Å²) in [5.41, 5.74) is 2.27. The molecule has 0 spiro atoms. The molecule has 1 aromatic heterocycles. The Labute approximate surface area is 121 Å². The molecule has 0 aliphatic heterocycles. The lowest BCUT2D eigenvalue weighted by molar-refractivity contribution is -0.122. The van der Waals surface area contributed by atoms with Crippen molar-refractivity contribution in [2.45, 2.75) is 53.0 Å². The number of aromatic nitrogens is 2. The summed E-state index contributed by atoms with van der Waals surface area (Å²) in [6.45, 7) is 8.27. The van der Waals surface area contributed by atoms with Crippen molar-refractivity contribution in [3.05, 3.63) is 17.5 Å². The average Bonchev–Trinajstić information content (AvgIpc) is 2.65. The fourth-order valence-electron chi connectivity index (χ4n) is 2.24. The van der Waals surface area contributed by atoms with Gasteiger partial charge < -0.3 is 10.4 Å². The van der Waals surface area contributed by atoms with Gasteiger partial charge in [-0.1, -0.05) is 20.8 Å². The molecule has 1 heterocycles. The van der Waals surface area contributed by atoms with Crippen LogP contribution < -0.4 is 5.32 Å². The quantitative estimate of drug-likeness (QED) is 0.832. The van der Waals surface area contributed by atoms with Crippen LogP contribution in [-0.2, 0) is 18.3 Å². The van der Waals surface area contributed by atoms with E-state index in [1.165, 1.54) is 0 Å². The maximum absolute atomic E-state index is 11.9. The second kappa shape index (κ2) is 6.88. The Kier molecular flexibility index (Phi) is 5.74. The molecule has 20 heavy (non-hydrogen) atoms. The first-order valence-corrected chi connectivity index (χ1v) is 7.10. The van der Waals surface area contributed by atoms with Crippen LogP contribution in [0.15, 0.2) is 6.20 Å². The molecule has 0 aromatic carbocycles. The van der Waals surface area contributed by atoms with Crippen molar-refractivity contribution in [3.8, 4) is 0 Å². The molecule has 1 rings (SSSR count). The second-order valence-electron chi connectivity index (χ2n) is 6.59. The van der Waals surface area contributed by atoms with E-state index in [1.807, 2.05) is 18.7 Å². The molecule has 0 saturated heterocycles. The van der Waals surface area contributed by atoms with Gasteiger partial charge in [-0.15, -0.1) is 0 Å². The first kappa shape index (κ1) is 16.7. The first-order chi connectivity index (χ1) is 9.23. The first-order valence-electron chi connectivity index (χ1n) is 7.10. The van der Waals surface area contributed by atoms with Crippen molar-refractivity contribution in [2.24, 2.45) is 12.5 Å². The van der Waals surface area contributed by atoms with Gasteiger partial charge in [-0.25, -0.2) is 0 Å². The van der Waals surface area contributed by atoms with Crippen LogP contribution in [0.4, 0.5) is 0 Å².